The molecular weight excluding hydrogens is 707 g/mol. The molecule has 3 aromatic heterocycles. The van der Waals surface area contributed by atoms with Crippen LogP contribution in [0.4, 0.5) is 0 Å². The smallest absolute Gasteiger partial charge is 0.164 e. The van der Waals surface area contributed by atoms with Crippen molar-refractivity contribution in [3.63, 3.8) is 0 Å². The zero-order valence-electron chi connectivity index (χ0n) is 31.3. The van der Waals surface area contributed by atoms with E-state index >= 15 is 0 Å². The van der Waals surface area contributed by atoms with Crippen LogP contribution in [0.1, 0.15) is 0 Å². The van der Waals surface area contributed by atoms with Gasteiger partial charge in [-0.25, -0.2) is 15.0 Å². The molecule has 9 aromatic carbocycles. The van der Waals surface area contributed by atoms with Crippen LogP contribution in [0.2, 0.25) is 0 Å². The molecule has 5 nitrogen and oxygen atoms in total. The van der Waals surface area contributed by atoms with Crippen molar-refractivity contribution >= 4 is 65.2 Å². The lowest BCUT2D eigenvalue weighted by Gasteiger charge is -2.15. The molecule has 0 saturated heterocycles. The van der Waals surface area contributed by atoms with Crippen LogP contribution >= 0.6 is 0 Å². The molecule has 5 heteroatoms. The van der Waals surface area contributed by atoms with Crippen LogP contribution in [0.5, 0.6) is 0 Å². The lowest BCUT2D eigenvalue weighted by molar-refractivity contribution is 1.08. The van der Waals surface area contributed by atoms with E-state index in [0.29, 0.717) is 17.5 Å². The van der Waals surface area contributed by atoms with Gasteiger partial charge < -0.3 is 9.13 Å². The molecule has 58 heavy (non-hydrogen) atoms. The largest absolute Gasteiger partial charge is 0.309 e. The molecule has 0 unspecified atom stereocenters. The number of aromatic nitrogens is 5. The Morgan fingerprint density at radius 1 is 0.293 bits per heavy atom. The second kappa shape index (κ2) is 12.8. The molecule has 0 N–H and O–H groups in total. The predicted molar refractivity (Wildman–Crippen MR) is 240 cm³/mol. The van der Waals surface area contributed by atoms with E-state index in [0.717, 1.165) is 71.7 Å². The monoisotopic (exact) mass is 739 g/mol. The van der Waals surface area contributed by atoms with Gasteiger partial charge in [-0.15, -0.1) is 0 Å². The van der Waals surface area contributed by atoms with Crippen LogP contribution in [0.25, 0.3) is 111 Å². The SMILES string of the molecule is c1ccc(-c2nc(-c3cc(-n4c5ccccc5c5cc6ccccc6cc54)cc4ccccc34)nc(-c3cccc4c3c3ccccc3n4-c3ccccc3)n2)cc1. The van der Waals surface area contributed by atoms with Crippen LogP contribution in [-0.4, -0.2) is 24.1 Å². The Morgan fingerprint density at radius 2 is 0.845 bits per heavy atom. The van der Waals surface area contributed by atoms with Crippen molar-refractivity contribution in [2.24, 2.45) is 0 Å². The Balaban J connectivity index is 1.15. The van der Waals surface area contributed by atoms with Crippen LogP contribution in [0.15, 0.2) is 200 Å². The van der Waals surface area contributed by atoms with Crippen molar-refractivity contribution < 1.29 is 0 Å². The van der Waals surface area contributed by atoms with E-state index in [1.54, 1.807) is 0 Å². The maximum atomic E-state index is 5.44. The average molecular weight is 740 g/mol. The normalized spacial score (nSPS) is 11.8. The molecule has 0 amide bonds. The van der Waals surface area contributed by atoms with Gasteiger partial charge >= 0.3 is 0 Å². The molecule has 270 valence electrons. The summed E-state index contributed by atoms with van der Waals surface area (Å²) in [6, 6.07) is 70.9. The van der Waals surface area contributed by atoms with Gasteiger partial charge in [-0.2, -0.15) is 0 Å². The maximum absolute atomic E-state index is 5.44. The molecule has 0 bridgehead atoms. The summed E-state index contributed by atoms with van der Waals surface area (Å²) < 4.78 is 4.73. The van der Waals surface area contributed by atoms with Crippen LogP contribution < -0.4 is 0 Å². The zero-order chi connectivity index (χ0) is 38.2. The summed E-state index contributed by atoms with van der Waals surface area (Å²) in [5, 5.41) is 9.31. The van der Waals surface area contributed by atoms with E-state index in [2.05, 4.69) is 191 Å². The predicted octanol–water partition coefficient (Wildman–Crippen LogP) is 13.4. The quantitative estimate of drug-likeness (QED) is 0.177. The van der Waals surface area contributed by atoms with E-state index < -0.39 is 0 Å². The summed E-state index contributed by atoms with van der Waals surface area (Å²) in [6.45, 7) is 0. The van der Waals surface area contributed by atoms with Crippen molar-refractivity contribution in [2.75, 3.05) is 0 Å². The second-order valence-corrected chi connectivity index (χ2v) is 14.8. The summed E-state index contributed by atoms with van der Waals surface area (Å²) in [5.41, 5.74) is 9.52. The van der Waals surface area contributed by atoms with Gasteiger partial charge in [-0.1, -0.05) is 146 Å². The Labute approximate surface area is 333 Å². The zero-order valence-corrected chi connectivity index (χ0v) is 31.3. The highest BCUT2D eigenvalue weighted by Gasteiger charge is 2.21. The minimum Gasteiger partial charge on any atom is -0.309 e. The first-order chi connectivity index (χ1) is 28.8. The Bertz CT molecular complexity index is 3560. The summed E-state index contributed by atoms with van der Waals surface area (Å²) >= 11 is 0. The first-order valence-electron chi connectivity index (χ1n) is 19.6. The van der Waals surface area contributed by atoms with E-state index in [-0.39, 0.29) is 0 Å². The maximum Gasteiger partial charge on any atom is 0.164 e. The van der Waals surface area contributed by atoms with Gasteiger partial charge in [0.25, 0.3) is 0 Å². The standard InChI is InChI=1S/C53H33N5/c1-3-16-34(17-4-1)51-54-52(43-26-15-29-48-50(43)42-25-12-14-28-47(42)57(48)38-21-5-2-6-22-38)56-53(55-51)45-33-39(30-37-20-9-10-23-40(37)45)58-46-27-13-11-24-41(46)44-31-35-18-7-8-19-36(35)32-49(44)58/h1-33H. The highest BCUT2D eigenvalue weighted by molar-refractivity contribution is 6.16. The van der Waals surface area contributed by atoms with E-state index in [1.165, 1.54) is 21.5 Å². The summed E-state index contributed by atoms with van der Waals surface area (Å²) in [4.78, 5) is 16.0. The molecule has 0 radical (unpaired) electrons. The second-order valence-electron chi connectivity index (χ2n) is 14.8. The van der Waals surface area contributed by atoms with E-state index in [1.807, 2.05) is 18.2 Å². The van der Waals surface area contributed by atoms with Crippen molar-refractivity contribution in [1.29, 1.82) is 0 Å². The first kappa shape index (κ1) is 32.4. The van der Waals surface area contributed by atoms with Gasteiger partial charge in [0, 0.05) is 49.6 Å². The van der Waals surface area contributed by atoms with Gasteiger partial charge in [0.15, 0.2) is 17.5 Å². The molecule has 0 fully saturated rings. The summed E-state index contributed by atoms with van der Waals surface area (Å²) in [5.74, 6) is 1.88. The fourth-order valence-electron chi connectivity index (χ4n) is 8.94. The summed E-state index contributed by atoms with van der Waals surface area (Å²) in [7, 11) is 0. The lowest BCUT2D eigenvalue weighted by atomic mass is 10.0. The van der Waals surface area contributed by atoms with Crippen LogP contribution in [0.3, 0.4) is 0 Å². The topological polar surface area (TPSA) is 48.5 Å². The Morgan fingerprint density at radius 3 is 1.62 bits per heavy atom. The Kier molecular flexibility index (Phi) is 7.16. The van der Waals surface area contributed by atoms with Gasteiger partial charge in [0.1, 0.15) is 0 Å². The number of nitrogens with zero attached hydrogens (tertiary/aromatic N) is 5. The number of benzene rings is 9. The molecule has 0 atom stereocenters. The molecule has 12 aromatic rings. The van der Waals surface area contributed by atoms with Crippen LogP contribution in [-0.2, 0) is 0 Å². The highest BCUT2D eigenvalue weighted by Crippen LogP contribution is 2.41. The fourth-order valence-corrected chi connectivity index (χ4v) is 8.94. The van der Waals surface area contributed by atoms with Gasteiger partial charge in [-0.3, -0.25) is 0 Å². The third-order valence-electron chi connectivity index (χ3n) is 11.5. The number of rotatable bonds is 5. The summed E-state index contributed by atoms with van der Waals surface area (Å²) in [6.07, 6.45) is 0. The van der Waals surface area contributed by atoms with Crippen molar-refractivity contribution in [3.05, 3.63) is 200 Å². The number of fused-ring (bicyclic) bond motifs is 8. The Hall–Kier alpha value is -7.89. The third-order valence-corrected chi connectivity index (χ3v) is 11.5. The molecule has 0 aliphatic rings. The van der Waals surface area contributed by atoms with Crippen molar-refractivity contribution in [3.8, 4) is 45.5 Å². The third kappa shape index (κ3) is 5.00. The number of hydrogen-bond acceptors (Lipinski definition) is 3. The molecule has 12 rings (SSSR count). The van der Waals surface area contributed by atoms with Gasteiger partial charge in [-0.05, 0) is 76.1 Å². The first-order valence-corrected chi connectivity index (χ1v) is 19.6. The molecule has 0 aliphatic carbocycles. The van der Waals surface area contributed by atoms with Crippen molar-refractivity contribution in [2.45, 2.75) is 0 Å². The van der Waals surface area contributed by atoms with Gasteiger partial charge in [0.2, 0.25) is 0 Å². The van der Waals surface area contributed by atoms with E-state index in [4.69, 9.17) is 15.0 Å². The molecule has 0 aliphatic heterocycles. The highest BCUT2D eigenvalue weighted by atomic mass is 15.0. The number of hydrogen-bond donors (Lipinski definition) is 0. The molecule has 0 spiro atoms. The van der Waals surface area contributed by atoms with Gasteiger partial charge in [0.05, 0.1) is 22.1 Å². The van der Waals surface area contributed by atoms with Crippen molar-refractivity contribution in [1.82, 2.24) is 24.1 Å². The molecule has 3 heterocycles. The lowest BCUT2D eigenvalue weighted by Crippen LogP contribution is -2.02. The van der Waals surface area contributed by atoms with E-state index in [9.17, 15) is 0 Å². The van der Waals surface area contributed by atoms with Crippen LogP contribution in [0, 0.1) is 0 Å². The average Bonchev–Trinajstić information content (AvgIpc) is 3.81. The molecule has 0 saturated carbocycles. The minimum atomic E-state index is 0.622. The fraction of sp³-hybridized carbons (Fsp3) is 0. The molecular formula is C53H33N5. The minimum absolute atomic E-state index is 0.622. The number of para-hydroxylation sites is 3.